The first-order valence-electron chi connectivity index (χ1n) is 6.52. The molecule has 17 heavy (non-hydrogen) atoms. The quantitative estimate of drug-likeness (QED) is 0.877. The molecule has 96 valence electrons. The highest BCUT2D eigenvalue weighted by atomic mass is 32.2. The molecule has 1 heterocycles. The fourth-order valence-electron chi connectivity index (χ4n) is 2.35. The van der Waals surface area contributed by atoms with Crippen molar-refractivity contribution in [2.24, 2.45) is 7.05 Å². The average Bonchev–Trinajstić information content (AvgIpc) is 2.73. The minimum absolute atomic E-state index is 0.253. The molecule has 4 heteroatoms. The molecule has 1 N–H and O–H groups in total. The van der Waals surface area contributed by atoms with E-state index in [1.165, 1.54) is 32.1 Å². The Hall–Kier alpha value is -0.480. The molecule has 1 aliphatic rings. The fraction of sp³-hybridized carbons (Fsp3) is 0.769. The first kappa shape index (κ1) is 13.0. The number of hydrogen-bond donors (Lipinski definition) is 1. The zero-order chi connectivity index (χ0) is 12.1. The van der Waals surface area contributed by atoms with E-state index in [4.69, 9.17) is 0 Å². The van der Waals surface area contributed by atoms with Gasteiger partial charge in [-0.3, -0.25) is 4.68 Å². The van der Waals surface area contributed by atoms with E-state index in [2.05, 4.69) is 5.10 Å². The molecular formula is C13H22N2OS. The van der Waals surface area contributed by atoms with Crippen molar-refractivity contribution in [3.8, 4) is 0 Å². The lowest BCUT2D eigenvalue weighted by Gasteiger charge is -2.22. The molecule has 0 saturated heterocycles. The van der Waals surface area contributed by atoms with Crippen LogP contribution in [0.15, 0.2) is 12.3 Å². The van der Waals surface area contributed by atoms with Gasteiger partial charge in [0.05, 0.1) is 11.8 Å². The number of thioether (sulfide) groups is 1. The van der Waals surface area contributed by atoms with E-state index in [-0.39, 0.29) is 6.10 Å². The molecule has 1 aliphatic carbocycles. The summed E-state index contributed by atoms with van der Waals surface area (Å²) in [6.45, 7) is 0. The first-order chi connectivity index (χ1) is 8.24. The molecule has 0 bridgehead atoms. The molecule has 0 aromatic carbocycles. The Kier molecular flexibility index (Phi) is 4.92. The molecule has 1 atom stereocenters. The van der Waals surface area contributed by atoms with Crippen LogP contribution in [-0.2, 0) is 13.5 Å². The van der Waals surface area contributed by atoms with Crippen molar-refractivity contribution >= 4 is 11.8 Å². The van der Waals surface area contributed by atoms with E-state index in [0.717, 1.165) is 16.7 Å². The van der Waals surface area contributed by atoms with E-state index in [1.807, 2.05) is 31.1 Å². The third-order valence-corrected chi connectivity index (χ3v) is 4.81. The summed E-state index contributed by atoms with van der Waals surface area (Å²) >= 11 is 1.95. The summed E-state index contributed by atoms with van der Waals surface area (Å²) in [7, 11) is 1.91. The second-order valence-corrected chi connectivity index (χ2v) is 6.27. The third kappa shape index (κ3) is 4.36. The van der Waals surface area contributed by atoms with Crippen LogP contribution in [0, 0.1) is 0 Å². The predicted molar refractivity (Wildman–Crippen MR) is 72.2 cm³/mol. The van der Waals surface area contributed by atoms with Crippen molar-refractivity contribution in [2.45, 2.75) is 49.9 Å². The highest BCUT2D eigenvalue weighted by Gasteiger charge is 2.16. The molecule has 2 rings (SSSR count). The summed E-state index contributed by atoms with van der Waals surface area (Å²) in [5.74, 6) is 0.848. The molecule has 3 nitrogen and oxygen atoms in total. The number of hydrogen-bond acceptors (Lipinski definition) is 3. The number of aliphatic hydroxyl groups excluding tert-OH is 1. The molecule has 1 aromatic rings. The molecule has 0 amide bonds. The monoisotopic (exact) mass is 254 g/mol. The normalized spacial score (nSPS) is 19.4. The van der Waals surface area contributed by atoms with Gasteiger partial charge in [0.25, 0.3) is 0 Å². The maximum absolute atomic E-state index is 9.97. The van der Waals surface area contributed by atoms with E-state index < -0.39 is 0 Å². The topological polar surface area (TPSA) is 38.0 Å². The molecule has 1 saturated carbocycles. The lowest BCUT2D eigenvalue weighted by molar-refractivity contribution is 0.198. The van der Waals surface area contributed by atoms with Gasteiger partial charge in [-0.15, -0.1) is 0 Å². The molecule has 1 fully saturated rings. The maximum atomic E-state index is 9.97. The van der Waals surface area contributed by atoms with E-state index in [1.54, 1.807) is 4.68 Å². The Balaban J connectivity index is 1.68. The summed E-state index contributed by atoms with van der Waals surface area (Å²) < 4.78 is 1.79. The molecule has 0 aliphatic heterocycles. The lowest BCUT2D eigenvalue weighted by atomic mass is 10.0. The maximum Gasteiger partial charge on any atom is 0.0686 e. The summed E-state index contributed by atoms with van der Waals surface area (Å²) in [6, 6.07) is 1.98. The molecule has 0 spiro atoms. The van der Waals surface area contributed by atoms with Crippen LogP contribution in [0.4, 0.5) is 0 Å². The van der Waals surface area contributed by atoms with Gasteiger partial charge in [-0.2, -0.15) is 16.9 Å². The highest BCUT2D eigenvalue weighted by Crippen LogP contribution is 2.28. The molecule has 1 aromatic heterocycles. The Morgan fingerprint density at radius 3 is 2.88 bits per heavy atom. The van der Waals surface area contributed by atoms with Crippen molar-refractivity contribution < 1.29 is 5.11 Å². The van der Waals surface area contributed by atoms with Gasteiger partial charge in [0, 0.05) is 30.7 Å². The van der Waals surface area contributed by atoms with Crippen molar-refractivity contribution in [1.82, 2.24) is 9.78 Å². The van der Waals surface area contributed by atoms with Crippen LogP contribution in [0.25, 0.3) is 0 Å². The number of aryl methyl sites for hydroxylation is 1. The SMILES string of the molecule is Cn1ccc(CC(O)CSC2CCCCC2)n1. The van der Waals surface area contributed by atoms with Gasteiger partial charge in [0.2, 0.25) is 0 Å². The summed E-state index contributed by atoms with van der Waals surface area (Å²) in [5.41, 5.74) is 0.990. The average molecular weight is 254 g/mol. The van der Waals surface area contributed by atoms with Gasteiger partial charge < -0.3 is 5.11 Å². The van der Waals surface area contributed by atoms with Gasteiger partial charge in [-0.25, -0.2) is 0 Å². The predicted octanol–water partition coefficient (Wildman–Crippen LogP) is 2.39. The second-order valence-electron chi connectivity index (χ2n) is 4.93. The molecule has 0 radical (unpaired) electrons. The van der Waals surface area contributed by atoms with Crippen LogP contribution in [0.3, 0.4) is 0 Å². The van der Waals surface area contributed by atoms with Crippen LogP contribution >= 0.6 is 11.8 Å². The van der Waals surface area contributed by atoms with Crippen LogP contribution in [0.2, 0.25) is 0 Å². The number of rotatable bonds is 5. The highest BCUT2D eigenvalue weighted by molar-refractivity contribution is 7.99. The van der Waals surface area contributed by atoms with Crippen LogP contribution in [0.1, 0.15) is 37.8 Å². The zero-order valence-electron chi connectivity index (χ0n) is 10.5. The summed E-state index contributed by atoms with van der Waals surface area (Å²) in [6.07, 6.45) is 9.16. The number of aliphatic hydroxyl groups is 1. The summed E-state index contributed by atoms with van der Waals surface area (Å²) in [4.78, 5) is 0. The lowest BCUT2D eigenvalue weighted by Crippen LogP contribution is -2.18. The van der Waals surface area contributed by atoms with Gasteiger partial charge >= 0.3 is 0 Å². The van der Waals surface area contributed by atoms with Crippen molar-refractivity contribution in [1.29, 1.82) is 0 Å². The smallest absolute Gasteiger partial charge is 0.0686 e. The van der Waals surface area contributed by atoms with Gasteiger partial charge in [0.15, 0.2) is 0 Å². The van der Waals surface area contributed by atoms with Crippen LogP contribution in [-0.4, -0.2) is 32.0 Å². The third-order valence-electron chi connectivity index (χ3n) is 3.29. The van der Waals surface area contributed by atoms with E-state index in [9.17, 15) is 5.11 Å². The van der Waals surface area contributed by atoms with E-state index >= 15 is 0 Å². The van der Waals surface area contributed by atoms with Crippen LogP contribution in [0.5, 0.6) is 0 Å². The Morgan fingerprint density at radius 2 is 2.24 bits per heavy atom. The minimum atomic E-state index is -0.253. The largest absolute Gasteiger partial charge is 0.392 e. The Bertz CT molecular complexity index is 334. The number of nitrogens with zero attached hydrogens (tertiary/aromatic N) is 2. The fourth-order valence-corrected chi connectivity index (χ4v) is 3.63. The van der Waals surface area contributed by atoms with Gasteiger partial charge in [0.1, 0.15) is 0 Å². The second kappa shape index (κ2) is 6.45. The zero-order valence-corrected chi connectivity index (χ0v) is 11.3. The Labute approximate surface area is 108 Å². The van der Waals surface area contributed by atoms with Crippen molar-refractivity contribution in [3.63, 3.8) is 0 Å². The van der Waals surface area contributed by atoms with Crippen molar-refractivity contribution in [3.05, 3.63) is 18.0 Å². The Morgan fingerprint density at radius 1 is 1.47 bits per heavy atom. The minimum Gasteiger partial charge on any atom is -0.392 e. The van der Waals surface area contributed by atoms with E-state index in [0.29, 0.717) is 6.42 Å². The summed E-state index contributed by atoms with van der Waals surface area (Å²) in [5, 5.41) is 15.0. The first-order valence-corrected chi connectivity index (χ1v) is 7.57. The van der Waals surface area contributed by atoms with Gasteiger partial charge in [-0.05, 0) is 18.9 Å². The number of aromatic nitrogens is 2. The molecule has 1 unspecified atom stereocenters. The standard InChI is InChI=1S/C13H22N2OS/c1-15-8-7-11(14-15)9-12(16)10-17-13-5-3-2-4-6-13/h7-8,12-13,16H,2-6,9-10H2,1H3. The van der Waals surface area contributed by atoms with Gasteiger partial charge in [-0.1, -0.05) is 19.3 Å². The van der Waals surface area contributed by atoms with Crippen LogP contribution < -0.4 is 0 Å². The van der Waals surface area contributed by atoms with Crippen molar-refractivity contribution in [2.75, 3.05) is 5.75 Å². The molecular weight excluding hydrogens is 232 g/mol.